The first kappa shape index (κ1) is 22.2. The summed E-state index contributed by atoms with van der Waals surface area (Å²) < 4.78 is 12.9. The van der Waals surface area contributed by atoms with Gasteiger partial charge in [-0.15, -0.1) is 12.4 Å². The van der Waals surface area contributed by atoms with Crippen LogP contribution in [0, 0.1) is 5.82 Å². The Hall–Kier alpha value is -2.09. The quantitative estimate of drug-likeness (QED) is 0.667. The van der Waals surface area contributed by atoms with E-state index in [0.29, 0.717) is 24.2 Å². The summed E-state index contributed by atoms with van der Waals surface area (Å²) in [6.07, 6.45) is 0.477. The molecule has 0 bridgehead atoms. The summed E-state index contributed by atoms with van der Waals surface area (Å²) >= 11 is 1.87. The first-order valence-electron chi connectivity index (χ1n) is 8.84. The average Bonchev–Trinajstić information content (AvgIpc) is 2.69. The predicted molar refractivity (Wildman–Crippen MR) is 114 cm³/mol. The highest BCUT2D eigenvalue weighted by atomic mass is 35.5. The molecule has 3 rings (SSSR count). The normalized spacial score (nSPS) is 16.0. The largest absolute Gasteiger partial charge is 0.352 e. The molecule has 0 spiro atoms. The van der Waals surface area contributed by atoms with Crippen molar-refractivity contribution in [2.24, 2.45) is 0 Å². The molecule has 3 N–H and O–H groups in total. The molecule has 2 amide bonds. The van der Waals surface area contributed by atoms with Crippen LogP contribution in [0.15, 0.2) is 48.5 Å². The first-order valence-corrected chi connectivity index (χ1v) is 9.99. The molecule has 1 saturated heterocycles. The van der Waals surface area contributed by atoms with Crippen molar-refractivity contribution in [3.05, 3.63) is 65.5 Å². The summed E-state index contributed by atoms with van der Waals surface area (Å²) in [5, 5.41) is 8.98. The van der Waals surface area contributed by atoms with Gasteiger partial charge in [0.25, 0.3) is 5.91 Å². The monoisotopic (exact) mass is 423 g/mol. The van der Waals surface area contributed by atoms with E-state index in [1.54, 1.807) is 12.1 Å². The van der Waals surface area contributed by atoms with Gasteiger partial charge in [0.1, 0.15) is 5.82 Å². The number of hydrogen-bond donors (Lipinski definition) is 3. The number of thioether (sulfide) groups is 1. The SMILES string of the molecule is Cl.O=C(CC1CSCCN1)NCc1ccc(C(=O)Nc2ccc(F)cc2)cc1. The fourth-order valence-corrected chi connectivity index (χ4v) is 3.71. The number of anilines is 1. The van der Waals surface area contributed by atoms with Gasteiger partial charge in [0.15, 0.2) is 0 Å². The van der Waals surface area contributed by atoms with Crippen LogP contribution in [0.2, 0.25) is 0 Å². The molecule has 1 aliphatic heterocycles. The van der Waals surface area contributed by atoms with E-state index in [9.17, 15) is 14.0 Å². The molecule has 0 saturated carbocycles. The Bertz CT molecular complexity index is 781. The number of halogens is 2. The summed E-state index contributed by atoms with van der Waals surface area (Å²) in [5.74, 6) is 1.47. The molecule has 2 aromatic carbocycles. The zero-order valence-corrected chi connectivity index (χ0v) is 16.9. The number of hydrogen-bond acceptors (Lipinski definition) is 4. The van der Waals surface area contributed by atoms with Crippen molar-refractivity contribution in [1.82, 2.24) is 10.6 Å². The zero-order valence-electron chi connectivity index (χ0n) is 15.2. The molecular formula is C20H23ClFN3O2S. The van der Waals surface area contributed by atoms with E-state index in [4.69, 9.17) is 0 Å². The Morgan fingerprint density at radius 2 is 1.82 bits per heavy atom. The van der Waals surface area contributed by atoms with Crippen molar-refractivity contribution >= 4 is 41.7 Å². The second-order valence-electron chi connectivity index (χ2n) is 6.36. The van der Waals surface area contributed by atoms with Crippen molar-refractivity contribution in [2.45, 2.75) is 19.0 Å². The Kier molecular flexibility index (Phi) is 8.76. The predicted octanol–water partition coefficient (Wildman–Crippen LogP) is 3.21. The average molecular weight is 424 g/mol. The van der Waals surface area contributed by atoms with Crippen molar-refractivity contribution in [2.75, 3.05) is 23.4 Å². The van der Waals surface area contributed by atoms with Gasteiger partial charge in [0, 0.05) is 48.3 Å². The Labute approximate surface area is 174 Å². The molecule has 0 radical (unpaired) electrons. The molecule has 0 aromatic heterocycles. The summed E-state index contributed by atoms with van der Waals surface area (Å²) in [6, 6.07) is 12.9. The number of benzene rings is 2. The van der Waals surface area contributed by atoms with Gasteiger partial charge >= 0.3 is 0 Å². The molecule has 1 aliphatic rings. The van der Waals surface area contributed by atoms with Gasteiger partial charge < -0.3 is 16.0 Å². The van der Waals surface area contributed by atoms with E-state index >= 15 is 0 Å². The second-order valence-corrected chi connectivity index (χ2v) is 7.51. The van der Waals surface area contributed by atoms with Crippen LogP contribution in [0.25, 0.3) is 0 Å². The molecule has 0 aliphatic carbocycles. The summed E-state index contributed by atoms with van der Waals surface area (Å²) in [7, 11) is 0. The molecule has 28 heavy (non-hydrogen) atoms. The summed E-state index contributed by atoms with van der Waals surface area (Å²) in [5.41, 5.74) is 1.96. The Morgan fingerprint density at radius 1 is 1.11 bits per heavy atom. The highest BCUT2D eigenvalue weighted by Crippen LogP contribution is 2.12. The Balaban J connectivity index is 0.00000280. The molecule has 5 nitrogen and oxygen atoms in total. The fraction of sp³-hybridized carbons (Fsp3) is 0.300. The number of rotatable bonds is 6. The van der Waals surface area contributed by atoms with Crippen molar-refractivity contribution in [3.63, 3.8) is 0 Å². The van der Waals surface area contributed by atoms with E-state index in [1.165, 1.54) is 24.3 Å². The number of carbonyl (C=O) groups excluding carboxylic acids is 2. The molecule has 2 aromatic rings. The van der Waals surface area contributed by atoms with Crippen LogP contribution in [0.1, 0.15) is 22.3 Å². The number of carbonyl (C=O) groups is 2. The maximum absolute atomic E-state index is 12.9. The van der Waals surface area contributed by atoms with Crippen LogP contribution >= 0.6 is 24.2 Å². The van der Waals surface area contributed by atoms with Crippen LogP contribution in [-0.2, 0) is 11.3 Å². The van der Waals surface area contributed by atoms with Crippen molar-refractivity contribution in [3.8, 4) is 0 Å². The van der Waals surface area contributed by atoms with E-state index in [2.05, 4.69) is 16.0 Å². The third-order valence-corrected chi connectivity index (χ3v) is 5.37. The van der Waals surface area contributed by atoms with Gasteiger partial charge in [-0.3, -0.25) is 9.59 Å². The van der Waals surface area contributed by atoms with Gasteiger partial charge in [-0.2, -0.15) is 11.8 Å². The van der Waals surface area contributed by atoms with Crippen LogP contribution in [-0.4, -0.2) is 35.9 Å². The Morgan fingerprint density at radius 3 is 2.46 bits per heavy atom. The fourth-order valence-electron chi connectivity index (χ4n) is 2.76. The lowest BCUT2D eigenvalue weighted by Gasteiger charge is -2.22. The number of amides is 2. The molecule has 1 heterocycles. The van der Waals surface area contributed by atoms with Gasteiger partial charge in [-0.25, -0.2) is 4.39 Å². The minimum Gasteiger partial charge on any atom is -0.352 e. The van der Waals surface area contributed by atoms with E-state index in [0.717, 1.165) is 23.6 Å². The van der Waals surface area contributed by atoms with Crippen LogP contribution in [0.3, 0.4) is 0 Å². The van der Waals surface area contributed by atoms with E-state index in [-0.39, 0.29) is 36.1 Å². The lowest BCUT2D eigenvalue weighted by molar-refractivity contribution is -0.121. The molecule has 1 atom stereocenters. The minimum atomic E-state index is -0.350. The van der Waals surface area contributed by atoms with Gasteiger partial charge in [0.05, 0.1) is 0 Å². The maximum atomic E-state index is 12.9. The second kappa shape index (κ2) is 11.0. The van der Waals surface area contributed by atoms with E-state index in [1.807, 2.05) is 23.9 Å². The van der Waals surface area contributed by atoms with Gasteiger partial charge in [0.2, 0.25) is 5.91 Å². The lowest BCUT2D eigenvalue weighted by atomic mass is 10.1. The summed E-state index contributed by atoms with van der Waals surface area (Å²) in [6.45, 7) is 1.38. The minimum absolute atomic E-state index is 0. The summed E-state index contributed by atoms with van der Waals surface area (Å²) in [4.78, 5) is 24.2. The third-order valence-electron chi connectivity index (χ3n) is 4.24. The lowest BCUT2D eigenvalue weighted by Crippen LogP contribution is -2.41. The molecule has 8 heteroatoms. The van der Waals surface area contributed by atoms with Gasteiger partial charge in [-0.1, -0.05) is 12.1 Å². The van der Waals surface area contributed by atoms with Crippen molar-refractivity contribution in [1.29, 1.82) is 0 Å². The topological polar surface area (TPSA) is 70.2 Å². The number of nitrogens with one attached hydrogen (secondary N) is 3. The highest BCUT2D eigenvalue weighted by molar-refractivity contribution is 7.99. The highest BCUT2D eigenvalue weighted by Gasteiger charge is 2.16. The van der Waals surface area contributed by atoms with Crippen LogP contribution < -0.4 is 16.0 Å². The van der Waals surface area contributed by atoms with Crippen molar-refractivity contribution < 1.29 is 14.0 Å². The molecule has 1 fully saturated rings. The smallest absolute Gasteiger partial charge is 0.255 e. The van der Waals surface area contributed by atoms with Crippen LogP contribution in [0.5, 0.6) is 0 Å². The van der Waals surface area contributed by atoms with E-state index < -0.39 is 0 Å². The third kappa shape index (κ3) is 6.82. The standard InChI is InChI=1S/C20H22FN3O2S.ClH/c21-16-5-7-17(8-6-16)24-20(26)15-3-1-14(2-4-15)12-23-19(25)11-18-13-27-10-9-22-18;/h1-8,18,22H,9-13H2,(H,23,25)(H,24,26);1H. The zero-order chi connectivity index (χ0) is 19.1. The molecule has 1 unspecified atom stereocenters. The maximum Gasteiger partial charge on any atom is 0.255 e. The first-order chi connectivity index (χ1) is 13.1. The molecule has 150 valence electrons. The van der Waals surface area contributed by atoms with Gasteiger partial charge in [-0.05, 0) is 42.0 Å². The molecular weight excluding hydrogens is 401 g/mol. The van der Waals surface area contributed by atoms with Crippen LogP contribution in [0.4, 0.5) is 10.1 Å².